The minimum Gasteiger partial charge on any atom is -0.479 e. The molecule has 0 bridgehead atoms. The van der Waals surface area contributed by atoms with Gasteiger partial charge in [0.15, 0.2) is 6.04 Å². The zero-order valence-corrected chi connectivity index (χ0v) is 11.0. The number of hydrogen-bond acceptors (Lipinski definition) is 3. The lowest BCUT2D eigenvalue weighted by Gasteiger charge is -2.14. The van der Waals surface area contributed by atoms with E-state index in [1.54, 1.807) is 30.3 Å². The number of carbonyl (C=O) groups is 2. The quantitative estimate of drug-likeness (QED) is 0.702. The predicted octanol–water partition coefficient (Wildman–Crippen LogP) is 1.75. The third-order valence-corrected chi connectivity index (χ3v) is 2.56. The van der Waals surface area contributed by atoms with Gasteiger partial charge in [0.2, 0.25) is 5.91 Å². The number of amides is 1. The topological polar surface area (TPSA) is 75.6 Å². The van der Waals surface area contributed by atoms with Gasteiger partial charge >= 0.3 is 5.97 Å². The second-order valence-electron chi connectivity index (χ2n) is 4.16. The van der Waals surface area contributed by atoms with Crippen molar-refractivity contribution in [3.8, 4) is 0 Å². The Hall–Kier alpha value is -1.88. The lowest BCUT2D eigenvalue weighted by atomic mass is 10.1. The van der Waals surface area contributed by atoms with Gasteiger partial charge in [0.25, 0.3) is 0 Å². The lowest BCUT2D eigenvalue weighted by molar-refractivity contribution is -0.142. The number of hydrogen-bond donors (Lipinski definition) is 2. The molecule has 0 radical (unpaired) electrons. The minimum absolute atomic E-state index is 0.114. The van der Waals surface area contributed by atoms with E-state index in [-0.39, 0.29) is 6.61 Å². The number of aliphatic carboxylic acids is 1. The van der Waals surface area contributed by atoms with E-state index in [0.717, 1.165) is 12.8 Å². The van der Waals surface area contributed by atoms with Crippen molar-refractivity contribution in [2.45, 2.75) is 25.8 Å². The smallest absolute Gasteiger partial charge is 0.330 e. The molecule has 0 aliphatic rings. The van der Waals surface area contributed by atoms with E-state index >= 15 is 0 Å². The number of rotatable bonds is 8. The molecule has 2 N–H and O–H groups in total. The summed E-state index contributed by atoms with van der Waals surface area (Å²) in [6.07, 6.45) is 1.87. The van der Waals surface area contributed by atoms with Crippen molar-refractivity contribution >= 4 is 11.9 Å². The summed E-state index contributed by atoms with van der Waals surface area (Å²) in [6, 6.07) is 7.54. The summed E-state index contributed by atoms with van der Waals surface area (Å²) in [5, 5.41) is 11.6. The summed E-state index contributed by atoms with van der Waals surface area (Å²) in [5.74, 6) is -1.51. The lowest BCUT2D eigenvalue weighted by Crippen LogP contribution is -2.36. The van der Waals surface area contributed by atoms with Crippen molar-refractivity contribution < 1.29 is 19.4 Å². The van der Waals surface area contributed by atoms with Crippen LogP contribution in [0.4, 0.5) is 0 Å². The zero-order chi connectivity index (χ0) is 14.1. The van der Waals surface area contributed by atoms with Crippen LogP contribution in [0.25, 0.3) is 0 Å². The van der Waals surface area contributed by atoms with Crippen molar-refractivity contribution in [2.24, 2.45) is 0 Å². The van der Waals surface area contributed by atoms with E-state index in [1.165, 1.54) is 0 Å². The Balaban J connectivity index is 2.51. The molecule has 104 valence electrons. The van der Waals surface area contributed by atoms with Gasteiger partial charge in [-0.25, -0.2) is 4.79 Å². The van der Waals surface area contributed by atoms with Crippen molar-refractivity contribution in [1.82, 2.24) is 5.32 Å². The summed E-state index contributed by atoms with van der Waals surface area (Å²) in [4.78, 5) is 22.8. The van der Waals surface area contributed by atoms with E-state index in [2.05, 4.69) is 5.32 Å². The number of unbranched alkanes of at least 4 members (excludes halogenated alkanes) is 1. The Kier molecular flexibility index (Phi) is 6.60. The highest BCUT2D eigenvalue weighted by atomic mass is 16.5. The fourth-order valence-corrected chi connectivity index (χ4v) is 1.55. The van der Waals surface area contributed by atoms with E-state index in [0.29, 0.717) is 12.2 Å². The van der Waals surface area contributed by atoms with Crippen LogP contribution in [0.2, 0.25) is 0 Å². The third kappa shape index (κ3) is 5.52. The fourth-order valence-electron chi connectivity index (χ4n) is 1.55. The summed E-state index contributed by atoms with van der Waals surface area (Å²) in [5.41, 5.74) is 0.539. The predicted molar refractivity (Wildman–Crippen MR) is 70.7 cm³/mol. The first-order valence-electron chi connectivity index (χ1n) is 6.30. The maximum atomic E-state index is 11.6. The first-order valence-corrected chi connectivity index (χ1v) is 6.30. The maximum Gasteiger partial charge on any atom is 0.330 e. The second-order valence-corrected chi connectivity index (χ2v) is 4.16. The second kappa shape index (κ2) is 8.26. The molecular weight excluding hydrogens is 246 g/mol. The molecule has 1 aromatic carbocycles. The number of benzene rings is 1. The molecule has 1 amide bonds. The average Bonchev–Trinajstić information content (AvgIpc) is 2.41. The highest BCUT2D eigenvalue weighted by Crippen LogP contribution is 2.12. The van der Waals surface area contributed by atoms with Crippen molar-refractivity contribution in [3.05, 3.63) is 35.9 Å². The number of nitrogens with one attached hydrogen (secondary N) is 1. The monoisotopic (exact) mass is 265 g/mol. The molecule has 1 rings (SSSR count). The summed E-state index contributed by atoms with van der Waals surface area (Å²) < 4.78 is 5.15. The molecule has 0 aliphatic heterocycles. The highest BCUT2D eigenvalue weighted by Gasteiger charge is 2.21. The van der Waals surface area contributed by atoms with Crippen LogP contribution in [-0.4, -0.2) is 30.2 Å². The Labute approximate surface area is 112 Å². The first-order chi connectivity index (χ1) is 9.15. The number of carboxylic acid groups (broad SMARTS) is 1. The van der Waals surface area contributed by atoms with E-state index in [1.807, 2.05) is 6.92 Å². The molecule has 1 unspecified atom stereocenters. The number of carbonyl (C=O) groups excluding carboxylic acids is 1. The molecule has 0 saturated heterocycles. The molecule has 0 aliphatic carbocycles. The molecule has 5 heteroatoms. The van der Waals surface area contributed by atoms with E-state index < -0.39 is 17.9 Å². The SMILES string of the molecule is CCCCOCC(=O)NC(C(=O)O)c1ccccc1. The van der Waals surface area contributed by atoms with Gasteiger partial charge in [-0.2, -0.15) is 0 Å². The normalized spacial score (nSPS) is 11.8. The summed E-state index contributed by atoms with van der Waals surface area (Å²) >= 11 is 0. The van der Waals surface area contributed by atoms with Crippen molar-refractivity contribution in [3.63, 3.8) is 0 Å². The van der Waals surface area contributed by atoms with E-state index in [4.69, 9.17) is 9.84 Å². The highest BCUT2D eigenvalue weighted by molar-refractivity contribution is 5.85. The molecule has 0 aromatic heterocycles. The van der Waals surface area contributed by atoms with Crippen LogP contribution in [0.15, 0.2) is 30.3 Å². The number of carboxylic acids is 1. The Morgan fingerprint density at radius 2 is 2.00 bits per heavy atom. The van der Waals surface area contributed by atoms with Gasteiger partial charge in [0.1, 0.15) is 6.61 Å². The summed E-state index contributed by atoms with van der Waals surface area (Å²) in [6.45, 7) is 2.42. The third-order valence-electron chi connectivity index (χ3n) is 2.56. The maximum absolute atomic E-state index is 11.6. The molecule has 19 heavy (non-hydrogen) atoms. The van der Waals surface area contributed by atoms with Gasteiger partial charge in [0.05, 0.1) is 0 Å². The van der Waals surface area contributed by atoms with Crippen LogP contribution >= 0.6 is 0 Å². The van der Waals surface area contributed by atoms with Crippen LogP contribution in [0.5, 0.6) is 0 Å². The van der Waals surface area contributed by atoms with E-state index in [9.17, 15) is 9.59 Å². The molecular formula is C14H19NO4. The molecule has 1 aromatic rings. The standard InChI is InChI=1S/C14H19NO4/c1-2-3-9-19-10-12(16)15-13(14(17)18)11-7-5-4-6-8-11/h4-8,13H,2-3,9-10H2,1H3,(H,15,16)(H,17,18). The Morgan fingerprint density at radius 3 is 2.58 bits per heavy atom. The molecule has 1 atom stereocenters. The zero-order valence-electron chi connectivity index (χ0n) is 11.0. The largest absolute Gasteiger partial charge is 0.479 e. The molecule has 0 fully saturated rings. The molecule has 5 nitrogen and oxygen atoms in total. The number of ether oxygens (including phenoxy) is 1. The van der Waals surface area contributed by atoms with Crippen LogP contribution in [-0.2, 0) is 14.3 Å². The van der Waals surface area contributed by atoms with Gasteiger partial charge in [-0.1, -0.05) is 43.7 Å². The molecule has 0 spiro atoms. The summed E-state index contributed by atoms with van der Waals surface area (Å²) in [7, 11) is 0. The van der Waals surface area contributed by atoms with Crippen LogP contribution in [0.3, 0.4) is 0 Å². The van der Waals surface area contributed by atoms with Crippen LogP contribution in [0, 0.1) is 0 Å². The average molecular weight is 265 g/mol. The van der Waals surface area contributed by atoms with Crippen LogP contribution in [0.1, 0.15) is 31.4 Å². The fraction of sp³-hybridized carbons (Fsp3) is 0.429. The van der Waals surface area contributed by atoms with Gasteiger partial charge in [0, 0.05) is 6.61 Å². The van der Waals surface area contributed by atoms with Gasteiger partial charge < -0.3 is 15.2 Å². The van der Waals surface area contributed by atoms with Gasteiger partial charge in [-0.3, -0.25) is 4.79 Å². The Morgan fingerprint density at radius 1 is 1.32 bits per heavy atom. The van der Waals surface area contributed by atoms with Gasteiger partial charge in [-0.05, 0) is 12.0 Å². The first kappa shape index (κ1) is 15.2. The van der Waals surface area contributed by atoms with Crippen molar-refractivity contribution in [1.29, 1.82) is 0 Å². The van der Waals surface area contributed by atoms with Crippen LogP contribution < -0.4 is 5.32 Å². The van der Waals surface area contributed by atoms with Crippen molar-refractivity contribution in [2.75, 3.05) is 13.2 Å². The Bertz CT molecular complexity index is 405. The molecule has 0 heterocycles. The molecule has 0 saturated carbocycles. The van der Waals surface area contributed by atoms with Gasteiger partial charge in [-0.15, -0.1) is 0 Å². The minimum atomic E-state index is -1.09.